The van der Waals surface area contributed by atoms with Crippen LogP contribution in [-0.4, -0.2) is 52.8 Å². The molecule has 2 aromatic carbocycles. The normalized spacial score (nSPS) is 15.5. The lowest BCUT2D eigenvalue weighted by molar-refractivity contribution is -0.131. The van der Waals surface area contributed by atoms with Crippen LogP contribution in [0.2, 0.25) is 0 Å². The Morgan fingerprint density at radius 1 is 0.917 bits per heavy atom. The number of benzene rings is 2. The Kier molecular flexibility index (Phi) is 8.79. The van der Waals surface area contributed by atoms with Crippen molar-refractivity contribution in [2.75, 3.05) is 31.1 Å². The second-order valence-electron chi connectivity index (χ2n) is 9.23. The van der Waals surface area contributed by atoms with Crippen LogP contribution in [0.15, 0.2) is 73.1 Å². The molecule has 7 heteroatoms. The fraction of sp³-hybridized carbons (Fsp3) is 0.345. The maximum atomic E-state index is 14.3. The second kappa shape index (κ2) is 12.4. The number of halogens is 1. The van der Waals surface area contributed by atoms with Gasteiger partial charge in [0.2, 0.25) is 11.8 Å². The van der Waals surface area contributed by atoms with Gasteiger partial charge in [-0.15, -0.1) is 0 Å². The number of anilines is 1. The van der Waals surface area contributed by atoms with Gasteiger partial charge in [0, 0.05) is 64.3 Å². The Morgan fingerprint density at radius 2 is 1.67 bits per heavy atom. The third-order valence-electron chi connectivity index (χ3n) is 6.56. The van der Waals surface area contributed by atoms with E-state index < -0.39 is 0 Å². The average Bonchev–Trinajstić information content (AvgIpc) is 2.87. The number of aromatic nitrogens is 1. The van der Waals surface area contributed by atoms with Gasteiger partial charge in [-0.25, -0.2) is 4.39 Å². The van der Waals surface area contributed by atoms with E-state index >= 15 is 0 Å². The molecule has 0 bridgehead atoms. The van der Waals surface area contributed by atoms with E-state index in [2.05, 4.69) is 16.0 Å². The van der Waals surface area contributed by atoms with Crippen LogP contribution in [0, 0.1) is 5.82 Å². The van der Waals surface area contributed by atoms with Crippen molar-refractivity contribution in [1.82, 2.24) is 14.8 Å². The fourth-order valence-corrected chi connectivity index (χ4v) is 4.73. The van der Waals surface area contributed by atoms with E-state index in [1.54, 1.807) is 41.1 Å². The van der Waals surface area contributed by atoms with Gasteiger partial charge in [0.1, 0.15) is 5.82 Å². The van der Waals surface area contributed by atoms with Crippen molar-refractivity contribution in [2.24, 2.45) is 0 Å². The van der Waals surface area contributed by atoms with Crippen molar-refractivity contribution >= 4 is 17.5 Å². The highest BCUT2D eigenvalue weighted by molar-refractivity contribution is 5.92. The van der Waals surface area contributed by atoms with E-state index in [0.29, 0.717) is 25.2 Å². The van der Waals surface area contributed by atoms with Crippen LogP contribution >= 0.6 is 0 Å². The van der Waals surface area contributed by atoms with E-state index in [1.807, 2.05) is 36.5 Å². The summed E-state index contributed by atoms with van der Waals surface area (Å²) >= 11 is 0. The number of amides is 2. The highest BCUT2D eigenvalue weighted by Gasteiger charge is 2.22. The summed E-state index contributed by atoms with van der Waals surface area (Å²) in [7, 11) is 0. The lowest BCUT2D eigenvalue weighted by Crippen LogP contribution is -2.38. The first-order valence-electron chi connectivity index (χ1n) is 12.5. The molecular weight excluding hydrogens is 455 g/mol. The first-order chi connectivity index (χ1) is 17.5. The Bertz CT molecular complexity index is 1170. The molecule has 188 valence electrons. The fourth-order valence-electron chi connectivity index (χ4n) is 4.73. The van der Waals surface area contributed by atoms with Crippen molar-refractivity contribution < 1.29 is 14.0 Å². The zero-order chi connectivity index (χ0) is 25.3. The molecule has 0 radical (unpaired) electrons. The molecule has 4 rings (SSSR count). The monoisotopic (exact) mass is 488 g/mol. The second-order valence-corrected chi connectivity index (χ2v) is 9.23. The van der Waals surface area contributed by atoms with Gasteiger partial charge in [0.05, 0.1) is 6.42 Å². The van der Waals surface area contributed by atoms with Crippen LogP contribution < -0.4 is 4.90 Å². The predicted molar refractivity (Wildman–Crippen MR) is 139 cm³/mol. The summed E-state index contributed by atoms with van der Waals surface area (Å²) in [4.78, 5) is 36.2. The average molecular weight is 489 g/mol. The number of hydrogen-bond acceptors (Lipinski definition) is 4. The summed E-state index contributed by atoms with van der Waals surface area (Å²) in [5.41, 5.74) is 3.27. The Hall–Kier alpha value is -3.58. The molecule has 1 aliphatic heterocycles. The van der Waals surface area contributed by atoms with Gasteiger partial charge in [-0.2, -0.15) is 0 Å². The molecule has 2 heterocycles. The van der Waals surface area contributed by atoms with Gasteiger partial charge in [-0.1, -0.05) is 42.5 Å². The molecule has 0 saturated heterocycles. The van der Waals surface area contributed by atoms with Crippen LogP contribution in [-0.2, 0) is 29.1 Å². The molecule has 0 atom stereocenters. The van der Waals surface area contributed by atoms with Crippen LogP contribution in [0.3, 0.4) is 0 Å². The molecule has 2 amide bonds. The van der Waals surface area contributed by atoms with Gasteiger partial charge < -0.3 is 9.80 Å². The minimum atomic E-state index is -0.369. The summed E-state index contributed by atoms with van der Waals surface area (Å²) in [5, 5.41) is 0. The molecule has 0 unspecified atom stereocenters. The molecule has 0 fully saturated rings. The number of nitrogens with zero attached hydrogens (tertiary/aromatic N) is 4. The molecular formula is C29H33FN4O2. The lowest BCUT2D eigenvalue weighted by Gasteiger charge is -2.31. The topological polar surface area (TPSA) is 56.8 Å². The molecule has 6 nitrogen and oxygen atoms in total. The maximum Gasteiger partial charge on any atom is 0.227 e. The van der Waals surface area contributed by atoms with Gasteiger partial charge in [-0.3, -0.25) is 19.5 Å². The highest BCUT2D eigenvalue weighted by Crippen LogP contribution is 2.24. The molecule has 0 saturated carbocycles. The van der Waals surface area contributed by atoms with E-state index in [0.717, 1.165) is 49.3 Å². The lowest BCUT2D eigenvalue weighted by atomic mass is 10.1. The minimum absolute atomic E-state index is 0.00462. The third-order valence-corrected chi connectivity index (χ3v) is 6.56. The maximum absolute atomic E-state index is 14.3. The smallest absolute Gasteiger partial charge is 0.227 e. The Morgan fingerprint density at radius 3 is 2.42 bits per heavy atom. The van der Waals surface area contributed by atoms with Crippen molar-refractivity contribution in [3.63, 3.8) is 0 Å². The highest BCUT2D eigenvalue weighted by atomic mass is 19.1. The van der Waals surface area contributed by atoms with E-state index in [4.69, 9.17) is 0 Å². The van der Waals surface area contributed by atoms with Crippen LogP contribution in [0.25, 0.3) is 0 Å². The molecule has 1 aromatic heterocycles. The van der Waals surface area contributed by atoms with E-state index in [-0.39, 0.29) is 24.1 Å². The molecule has 0 aliphatic carbocycles. The zero-order valence-corrected chi connectivity index (χ0v) is 20.8. The Labute approximate surface area is 212 Å². The number of hydrogen-bond donors (Lipinski definition) is 0. The van der Waals surface area contributed by atoms with Crippen LogP contribution in [0.1, 0.15) is 36.5 Å². The zero-order valence-electron chi connectivity index (χ0n) is 20.8. The number of rotatable bonds is 4. The van der Waals surface area contributed by atoms with E-state index in [9.17, 15) is 14.0 Å². The van der Waals surface area contributed by atoms with Crippen LogP contribution in [0.4, 0.5) is 10.1 Å². The summed E-state index contributed by atoms with van der Waals surface area (Å²) in [5.74, 6) is -0.520. The van der Waals surface area contributed by atoms with Crippen LogP contribution in [0.5, 0.6) is 0 Å². The molecule has 0 spiro atoms. The van der Waals surface area contributed by atoms with Gasteiger partial charge in [0.15, 0.2) is 0 Å². The summed E-state index contributed by atoms with van der Waals surface area (Å²) in [6.45, 7) is 5.48. The van der Waals surface area contributed by atoms with Gasteiger partial charge in [-0.05, 0) is 47.7 Å². The third kappa shape index (κ3) is 6.76. The summed E-state index contributed by atoms with van der Waals surface area (Å²) in [6, 6.07) is 18.2. The van der Waals surface area contributed by atoms with Gasteiger partial charge >= 0.3 is 0 Å². The standard InChI is InChI=1S/C29H33FN4O2/c1-23(35)34-18-8-16-32(21-24-9-6-14-31-20-24)15-7-17-33(22-26-11-3-5-13-28(26)34)29(36)19-25-10-2-4-12-27(25)30/h2-6,9-14,20H,7-8,15-19,21-22H2,1H3. The minimum Gasteiger partial charge on any atom is -0.338 e. The van der Waals surface area contributed by atoms with Crippen molar-refractivity contribution in [3.8, 4) is 0 Å². The number of para-hydroxylation sites is 1. The van der Waals surface area contributed by atoms with E-state index in [1.165, 1.54) is 6.07 Å². The predicted octanol–water partition coefficient (Wildman–Crippen LogP) is 4.44. The largest absolute Gasteiger partial charge is 0.338 e. The number of carbonyl (C=O) groups is 2. The summed E-state index contributed by atoms with van der Waals surface area (Å²) in [6.07, 6.45) is 5.27. The summed E-state index contributed by atoms with van der Waals surface area (Å²) < 4.78 is 14.3. The van der Waals surface area contributed by atoms with Crippen molar-refractivity contribution in [1.29, 1.82) is 0 Å². The molecule has 1 aliphatic rings. The number of pyridine rings is 1. The number of carbonyl (C=O) groups excluding carboxylic acids is 2. The number of fused-ring (bicyclic) bond motifs is 1. The first-order valence-corrected chi connectivity index (χ1v) is 12.5. The first kappa shape index (κ1) is 25.5. The SMILES string of the molecule is CC(=O)N1CCCN(Cc2cccnc2)CCCN(C(=O)Cc2ccccc2F)Cc2ccccc21. The molecule has 36 heavy (non-hydrogen) atoms. The van der Waals surface area contributed by atoms with Crippen molar-refractivity contribution in [2.45, 2.75) is 39.3 Å². The Balaban J connectivity index is 1.60. The van der Waals surface area contributed by atoms with Gasteiger partial charge in [0.25, 0.3) is 0 Å². The van der Waals surface area contributed by atoms with Crippen molar-refractivity contribution in [3.05, 3.63) is 95.6 Å². The molecule has 0 N–H and O–H groups in total. The molecule has 3 aromatic rings. The quantitative estimate of drug-likeness (QED) is 0.545.